The molecule has 6 saturated carbocycles. The van der Waals surface area contributed by atoms with E-state index in [2.05, 4.69) is 51.6 Å². The van der Waals surface area contributed by atoms with Gasteiger partial charge in [-0.3, -0.25) is 0 Å². The molecule has 0 aromatic heterocycles. The SMILES string of the molecule is CC(C)[C@@H]1C[C@H](CO)[C@@H](N=[N+]=[N-])C1.CC(C)[C@@H]1C[C@H](CO)[C@@H](O)C1(F)F.CC(C)[C@@H]1C[C@H](CO)[C@@H](O)[C@@H]1F.CC(C)[C@@H]1C[C@H](CO)[C@@H](O)[C@H]1F.CO[C@@H]1C[C@@H](CO)C[C@H]1C(C)C.CO[C@H]1C[C@@H](C(C)C)[C@H](O)[C@@H]1O. The van der Waals surface area contributed by atoms with Crippen molar-refractivity contribution in [3.63, 3.8) is 0 Å². The highest BCUT2D eigenvalue weighted by atomic mass is 19.3. The third-order valence-corrected chi connectivity index (χ3v) is 17.7. The van der Waals surface area contributed by atoms with Crippen LogP contribution in [0.5, 0.6) is 0 Å². The number of azide groups is 1. The quantitative estimate of drug-likeness (QED) is 0.0348. The van der Waals surface area contributed by atoms with Crippen LogP contribution in [0.4, 0.5) is 17.6 Å². The summed E-state index contributed by atoms with van der Waals surface area (Å²) in [7, 11) is 3.35. The Morgan fingerprint density at radius 3 is 1.19 bits per heavy atom. The zero-order valence-electron chi connectivity index (χ0n) is 47.4. The van der Waals surface area contributed by atoms with Crippen molar-refractivity contribution in [3.05, 3.63) is 10.4 Å². The summed E-state index contributed by atoms with van der Waals surface area (Å²) in [5, 5.41) is 95.3. The molecule has 0 spiro atoms. The molecule has 440 valence electrons. The average molecular weight is 1080 g/mol. The van der Waals surface area contributed by atoms with Crippen LogP contribution in [0, 0.1) is 101 Å². The van der Waals surface area contributed by atoms with E-state index in [-0.39, 0.29) is 98.3 Å². The molecule has 0 bridgehead atoms. The summed E-state index contributed by atoms with van der Waals surface area (Å²) < 4.78 is 63.7. The number of aliphatic hydroxyl groups excluding tert-OH is 10. The van der Waals surface area contributed by atoms with Gasteiger partial charge < -0.3 is 60.5 Å². The molecule has 0 saturated heterocycles. The predicted octanol–water partition coefficient (Wildman–Crippen LogP) is 7.62. The number of nitrogens with zero attached hydrogens (tertiary/aromatic N) is 3. The van der Waals surface area contributed by atoms with Gasteiger partial charge in [0.25, 0.3) is 5.92 Å². The number of alkyl halides is 4. The standard InChI is InChI=1S/C10H20O2.C9H16F2O2.2C9H17FO2.C9H17N3O.C9H18O3/c1-7(2)9-4-8(6-11)5-10(9)12-3;1-5(2)7-3-6(4-12)8(13)9(7,10)11;2*1-5(2)7-3-6(4-11)9(12)8(7)10;1-6(2)7-3-8(5-13)9(4-7)11-12-10;1-5(2)6-4-7(12-3)9(11)8(6)10/h7-11H,4-6H2,1-3H3;5-8,12-13H,3-4H2,1-2H3;2*5-9,11-12H,3-4H2,1-2H3;6-9,13H,3-5H2,1-2H3;5-11H,4H2,1-3H3/t8-,9-,10+;6-,7+,8-;6-,7+,8+,9-;6-,7+,8-,9-;7-,8-,9+;6-,7-,8-,9+/m011110/s1. The normalized spacial score (nSPS) is 39.2. The highest BCUT2D eigenvalue weighted by Crippen LogP contribution is 2.47. The molecule has 6 fully saturated rings. The number of hydrogen-bond acceptors (Lipinski definition) is 13. The molecule has 0 aromatic carbocycles. The number of rotatable bonds is 14. The fourth-order valence-electron chi connectivity index (χ4n) is 12.2. The van der Waals surface area contributed by atoms with E-state index < -0.39 is 60.6 Å². The van der Waals surface area contributed by atoms with E-state index in [1.165, 1.54) is 0 Å². The van der Waals surface area contributed by atoms with Crippen LogP contribution in [-0.2, 0) is 9.47 Å². The van der Waals surface area contributed by atoms with Gasteiger partial charge in [0.15, 0.2) is 0 Å². The molecule has 0 unspecified atom stereocenters. The third-order valence-electron chi connectivity index (χ3n) is 17.7. The Bertz CT molecular complexity index is 1460. The smallest absolute Gasteiger partial charge is 0.276 e. The number of methoxy groups -OCH3 is 2. The lowest BCUT2D eigenvalue weighted by Crippen LogP contribution is -2.38. The maximum Gasteiger partial charge on any atom is 0.276 e. The summed E-state index contributed by atoms with van der Waals surface area (Å²) in [6, 6.07) is 0.0161. The Labute approximate surface area is 441 Å². The van der Waals surface area contributed by atoms with Crippen molar-refractivity contribution in [2.75, 3.05) is 47.3 Å². The van der Waals surface area contributed by atoms with Gasteiger partial charge in [-0.25, -0.2) is 17.6 Å². The number of halogens is 4. The van der Waals surface area contributed by atoms with Crippen molar-refractivity contribution in [2.24, 2.45) is 106 Å². The second kappa shape index (κ2) is 33.9. The third kappa shape index (κ3) is 19.7. The van der Waals surface area contributed by atoms with Crippen molar-refractivity contribution >= 4 is 0 Å². The second-order valence-electron chi connectivity index (χ2n) is 24.5. The highest BCUT2D eigenvalue weighted by Gasteiger charge is 2.57. The van der Waals surface area contributed by atoms with Crippen LogP contribution in [0.1, 0.15) is 134 Å². The minimum Gasteiger partial charge on any atom is -0.396 e. The molecular weight excluding hydrogens is 971 g/mol. The van der Waals surface area contributed by atoms with E-state index in [0.717, 1.165) is 32.1 Å². The van der Waals surface area contributed by atoms with Gasteiger partial charge >= 0.3 is 0 Å². The minimum absolute atomic E-state index is 0.0161. The summed E-state index contributed by atoms with van der Waals surface area (Å²) in [5.74, 6) is -1.11. The summed E-state index contributed by atoms with van der Waals surface area (Å²) in [5.41, 5.74) is 8.34. The van der Waals surface area contributed by atoms with Crippen LogP contribution in [-0.4, -0.2) is 165 Å². The summed E-state index contributed by atoms with van der Waals surface area (Å²) in [4.78, 5) is 2.82. The van der Waals surface area contributed by atoms with Crippen LogP contribution in [0.25, 0.3) is 10.4 Å². The van der Waals surface area contributed by atoms with E-state index in [1.807, 2.05) is 27.7 Å². The lowest BCUT2D eigenvalue weighted by atomic mass is 9.91. The van der Waals surface area contributed by atoms with Crippen LogP contribution in [0.15, 0.2) is 5.11 Å². The monoisotopic (exact) mass is 1080 g/mol. The highest BCUT2D eigenvalue weighted by molar-refractivity contribution is 4.98. The Morgan fingerprint density at radius 2 is 0.932 bits per heavy atom. The molecule has 0 radical (unpaired) electrons. The number of aliphatic hydroxyl groups is 10. The average Bonchev–Trinajstić information content (AvgIpc) is 4.20. The second-order valence-corrected chi connectivity index (χ2v) is 24.5. The molecule has 19 heteroatoms. The lowest BCUT2D eigenvalue weighted by molar-refractivity contribution is -0.134. The van der Waals surface area contributed by atoms with Crippen LogP contribution in [0.3, 0.4) is 0 Å². The van der Waals surface area contributed by atoms with E-state index in [9.17, 15) is 43.1 Å². The van der Waals surface area contributed by atoms with Crippen LogP contribution >= 0.6 is 0 Å². The Hall–Kier alpha value is -1.45. The Morgan fingerprint density at radius 1 is 0.486 bits per heavy atom. The molecule has 15 nitrogen and oxygen atoms in total. The molecule has 0 heterocycles. The summed E-state index contributed by atoms with van der Waals surface area (Å²) in [6.45, 7) is 24.0. The van der Waals surface area contributed by atoms with Crippen molar-refractivity contribution in [3.8, 4) is 0 Å². The van der Waals surface area contributed by atoms with Gasteiger partial charge in [-0.1, -0.05) is 88.2 Å². The zero-order valence-corrected chi connectivity index (χ0v) is 47.4. The number of ether oxygens (including phenoxy) is 2. The minimum atomic E-state index is -3.04. The molecule has 10 N–H and O–H groups in total. The van der Waals surface area contributed by atoms with E-state index in [4.69, 9.17) is 40.5 Å². The van der Waals surface area contributed by atoms with Gasteiger partial charge in [0, 0.05) is 81.9 Å². The molecule has 6 aliphatic carbocycles. The van der Waals surface area contributed by atoms with Gasteiger partial charge in [-0.15, -0.1) is 0 Å². The van der Waals surface area contributed by atoms with Gasteiger partial charge in [0.05, 0.1) is 30.5 Å². The zero-order chi connectivity index (χ0) is 57.1. The maximum atomic E-state index is 13.3. The van der Waals surface area contributed by atoms with Gasteiger partial charge in [0.2, 0.25) is 0 Å². The molecule has 6 aliphatic rings. The van der Waals surface area contributed by atoms with Crippen LogP contribution in [0.2, 0.25) is 0 Å². The van der Waals surface area contributed by atoms with E-state index >= 15 is 0 Å². The Kier molecular flexibility index (Phi) is 32.3. The maximum absolute atomic E-state index is 13.3. The fraction of sp³-hybridized carbons (Fsp3) is 1.00. The largest absolute Gasteiger partial charge is 0.396 e. The first-order valence-corrected chi connectivity index (χ1v) is 27.7. The molecule has 6 rings (SSSR count). The molecular formula is C55H105F4N3O12. The van der Waals surface area contributed by atoms with Crippen molar-refractivity contribution < 1.29 is 78.1 Å². The predicted molar refractivity (Wildman–Crippen MR) is 279 cm³/mol. The Balaban J connectivity index is 0.000000444. The first-order chi connectivity index (χ1) is 34.5. The van der Waals surface area contributed by atoms with Crippen LogP contribution < -0.4 is 0 Å². The topological polar surface area (TPSA) is 270 Å². The van der Waals surface area contributed by atoms with Crippen molar-refractivity contribution in [1.82, 2.24) is 0 Å². The van der Waals surface area contributed by atoms with Crippen molar-refractivity contribution in [1.29, 1.82) is 0 Å². The molecule has 0 amide bonds. The fourth-order valence-corrected chi connectivity index (χ4v) is 12.2. The number of hydrogen-bond donors (Lipinski definition) is 10. The summed E-state index contributed by atoms with van der Waals surface area (Å²) >= 11 is 0. The first kappa shape index (κ1) is 70.6. The summed E-state index contributed by atoms with van der Waals surface area (Å²) in [6.07, 6.45) is -0.731. The van der Waals surface area contributed by atoms with E-state index in [0.29, 0.717) is 61.1 Å². The van der Waals surface area contributed by atoms with Gasteiger partial charge in [-0.05, 0) is 134 Å². The van der Waals surface area contributed by atoms with Gasteiger partial charge in [-0.2, -0.15) is 0 Å². The van der Waals surface area contributed by atoms with Gasteiger partial charge in [0.1, 0.15) is 24.6 Å². The first-order valence-electron chi connectivity index (χ1n) is 27.7. The van der Waals surface area contributed by atoms with Crippen molar-refractivity contribution in [2.45, 2.75) is 201 Å². The molecule has 0 aliphatic heterocycles. The van der Waals surface area contributed by atoms with E-state index in [1.54, 1.807) is 28.1 Å². The molecule has 74 heavy (non-hydrogen) atoms. The molecule has 21 atom stereocenters. The molecule has 0 aromatic rings. The lowest BCUT2D eigenvalue weighted by Gasteiger charge is -2.24.